The van der Waals surface area contributed by atoms with Gasteiger partial charge in [0.1, 0.15) is 0 Å². The predicted octanol–water partition coefficient (Wildman–Crippen LogP) is 0.988. The number of urea groups is 1. The fourth-order valence-electron chi connectivity index (χ4n) is 0.440. The molecule has 0 bridgehead atoms. The molecule has 0 aliphatic rings. The van der Waals surface area contributed by atoms with E-state index in [0.717, 1.165) is 0 Å². The van der Waals surface area contributed by atoms with Crippen molar-refractivity contribution in [2.24, 2.45) is 0 Å². The van der Waals surface area contributed by atoms with Gasteiger partial charge in [-0.15, -0.1) is 0 Å². The fraction of sp³-hybridized carbons (Fsp3) is 0.857. The quantitative estimate of drug-likeness (QED) is 0.625. The van der Waals surface area contributed by atoms with Gasteiger partial charge in [-0.1, -0.05) is 0 Å². The second kappa shape index (κ2) is 4.96. The molecule has 0 aromatic carbocycles. The van der Waals surface area contributed by atoms with E-state index in [9.17, 15) is 4.79 Å². The lowest BCUT2D eigenvalue weighted by molar-refractivity contribution is 0.0555. The number of carbonyl (C=O) groups is 1. The summed E-state index contributed by atoms with van der Waals surface area (Å²) in [6.07, 6.45) is 0. The minimum absolute atomic E-state index is 0.190. The van der Waals surface area contributed by atoms with Gasteiger partial charge in [0, 0.05) is 13.1 Å². The normalized spacial score (nSPS) is 9.91. The summed E-state index contributed by atoms with van der Waals surface area (Å²) in [6.45, 7) is 6.17. The van der Waals surface area contributed by atoms with Crippen molar-refractivity contribution in [1.82, 2.24) is 10.4 Å². The third-order valence-corrected chi connectivity index (χ3v) is 1.40. The van der Waals surface area contributed by atoms with Gasteiger partial charge in [0.2, 0.25) is 0 Å². The minimum Gasteiger partial charge on any atom is -0.324 e. The molecule has 0 rings (SSSR count). The Balaban J connectivity index is 3.64. The first kappa shape index (κ1) is 10.2. The van der Waals surface area contributed by atoms with Crippen molar-refractivity contribution in [2.75, 3.05) is 13.7 Å². The third-order valence-electron chi connectivity index (χ3n) is 1.40. The number of hydrogen-bond donors (Lipinski definition) is 1. The van der Waals surface area contributed by atoms with Gasteiger partial charge < -0.3 is 4.90 Å². The highest BCUT2D eigenvalue weighted by molar-refractivity contribution is 5.72. The number of nitrogens with one attached hydrogen (secondary N) is 1. The Labute approximate surface area is 67.5 Å². The lowest BCUT2D eigenvalue weighted by Crippen LogP contribution is -2.41. The zero-order valence-corrected chi connectivity index (χ0v) is 7.55. The van der Waals surface area contributed by atoms with Crippen molar-refractivity contribution in [3.8, 4) is 0 Å². The summed E-state index contributed by atoms with van der Waals surface area (Å²) in [5.41, 5.74) is 2.30. The van der Waals surface area contributed by atoms with Gasteiger partial charge in [0.15, 0.2) is 0 Å². The summed E-state index contributed by atoms with van der Waals surface area (Å²) in [4.78, 5) is 17.3. The molecule has 0 saturated heterocycles. The first-order valence-electron chi connectivity index (χ1n) is 3.74. The highest BCUT2D eigenvalue weighted by Gasteiger charge is 2.10. The lowest BCUT2D eigenvalue weighted by Gasteiger charge is -2.20. The van der Waals surface area contributed by atoms with Crippen molar-refractivity contribution in [3.05, 3.63) is 0 Å². The van der Waals surface area contributed by atoms with Crippen LogP contribution in [0.15, 0.2) is 0 Å². The van der Waals surface area contributed by atoms with Crippen LogP contribution in [-0.2, 0) is 4.84 Å². The van der Waals surface area contributed by atoms with Gasteiger partial charge in [0.25, 0.3) is 0 Å². The van der Waals surface area contributed by atoms with E-state index >= 15 is 0 Å². The molecule has 0 aromatic rings. The van der Waals surface area contributed by atoms with Crippen LogP contribution in [0, 0.1) is 0 Å². The average molecular weight is 160 g/mol. The molecule has 0 radical (unpaired) electrons. The van der Waals surface area contributed by atoms with E-state index in [-0.39, 0.29) is 12.1 Å². The van der Waals surface area contributed by atoms with Gasteiger partial charge in [-0.05, 0) is 20.8 Å². The average Bonchev–Trinajstić information content (AvgIpc) is 1.98. The second-order valence-corrected chi connectivity index (χ2v) is 2.54. The predicted molar refractivity (Wildman–Crippen MR) is 43.1 cm³/mol. The Bertz CT molecular complexity index is 126. The van der Waals surface area contributed by atoms with Crippen LogP contribution in [0.25, 0.3) is 0 Å². The second-order valence-electron chi connectivity index (χ2n) is 2.54. The van der Waals surface area contributed by atoms with E-state index in [0.29, 0.717) is 6.61 Å². The van der Waals surface area contributed by atoms with E-state index in [1.54, 1.807) is 11.9 Å². The summed E-state index contributed by atoms with van der Waals surface area (Å²) < 4.78 is 0. The van der Waals surface area contributed by atoms with Crippen LogP contribution in [0.5, 0.6) is 0 Å². The lowest BCUT2D eigenvalue weighted by atomic mass is 10.4. The van der Waals surface area contributed by atoms with Gasteiger partial charge in [0.05, 0.1) is 6.61 Å². The van der Waals surface area contributed by atoms with Crippen LogP contribution < -0.4 is 5.48 Å². The van der Waals surface area contributed by atoms with Crippen LogP contribution >= 0.6 is 0 Å². The van der Waals surface area contributed by atoms with Crippen molar-refractivity contribution < 1.29 is 9.63 Å². The summed E-state index contributed by atoms with van der Waals surface area (Å²) in [7, 11) is 1.72. The summed E-state index contributed by atoms with van der Waals surface area (Å²) in [5.74, 6) is 0. The topological polar surface area (TPSA) is 41.6 Å². The van der Waals surface area contributed by atoms with E-state index in [1.807, 2.05) is 20.8 Å². The number of rotatable bonds is 3. The molecule has 4 nitrogen and oxygen atoms in total. The van der Waals surface area contributed by atoms with E-state index in [2.05, 4.69) is 5.48 Å². The van der Waals surface area contributed by atoms with E-state index in [4.69, 9.17) is 4.84 Å². The molecule has 66 valence electrons. The van der Waals surface area contributed by atoms with Gasteiger partial charge in [-0.2, -0.15) is 0 Å². The Hall–Kier alpha value is -0.770. The maximum atomic E-state index is 11.0. The summed E-state index contributed by atoms with van der Waals surface area (Å²) in [6, 6.07) is -0.0164. The molecule has 0 fully saturated rings. The summed E-state index contributed by atoms with van der Waals surface area (Å²) >= 11 is 0. The standard InChI is InChI=1S/C7H16N2O2/c1-5-11-8-7(10)9(4)6(2)3/h6H,5H2,1-4H3,(H,8,10). The zero-order chi connectivity index (χ0) is 8.85. The van der Waals surface area contributed by atoms with Crippen molar-refractivity contribution >= 4 is 6.03 Å². The third kappa shape index (κ3) is 3.83. The van der Waals surface area contributed by atoms with Crippen molar-refractivity contribution in [1.29, 1.82) is 0 Å². The first-order valence-corrected chi connectivity index (χ1v) is 3.74. The Morgan fingerprint density at radius 1 is 1.64 bits per heavy atom. The van der Waals surface area contributed by atoms with Crippen LogP contribution in [-0.4, -0.2) is 30.6 Å². The fourth-order valence-corrected chi connectivity index (χ4v) is 0.440. The number of amides is 2. The number of nitrogens with zero attached hydrogens (tertiary/aromatic N) is 1. The van der Waals surface area contributed by atoms with Crippen LogP contribution in [0.1, 0.15) is 20.8 Å². The largest absolute Gasteiger partial charge is 0.341 e. The molecule has 1 N–H and O–H groups in total. The molecule has 0 atom stereocenters. The van der Waals surface area contributed by atoms with Gasteiger partial charge in [-0.25, -0.2) is 10.3 Å². The molecule has 0 aromatic heterocycles. The van der Waals surface area contributed by atoms with Gasteiger partial charge in [-0.3, -0.25) is 4.84 Å². The Kier molecular flexibility index (Phi) is 4.61. The first-order chi connectivity index (χ1) is 5.09. The van der Waals surface area contributed by atoms with Crippen molar-refractivity contribution in [3.63, 3.8) is 0 Å². The highest BCUT2D eigenvalue weighted by atomic mass is 16.7. The maximum Gasteiger partial charge on any atom is 0.341 e. The monoisotopic (exact) mass is 160 g/mol. The Morgan fingerprint density at radius 3 is 2.55 bits per heavy atom. The van der Waals surface area contributed by atoms with Gasteiger partial charge >= 0.3 is 6.03 Å². The van der Waals surface area contributed by atoms with E-state index in [1.165, 1.54) is 0 Å². The molecular weight excluding hydrogens is 144 g/mol. The number of hydroxylamine groups is 1. The molecule has 0 aliphatic heterocycles. The smallest absolute Gasteiger partial charge is 0.324 e. The molecule has 0 aliphatic carbocycles. The molecule has 11 heavy (non-hydrogen) atoms. The zero-order valence-electron chi connectivity index (χ0n) is 7.55. The van der Waals surface area contributed by atoms with E-state index < -0.39 is 0 Å². The van der Waals surface area contributed by atoms with Crippen LogP contribution in [0.4, 0.5) is 4.79 Å². The highest BCUT2D eigenvalue weighted by Crippen LogP contribution is 1.92. The molecule has 0 saturated carbocycles. The molecule has 0 spiro atoms. The molecular formula is C7H16N2O2. The molecule has 0 unspecified atom stereocenters. The number of hydrogen-bond acceptors (Lipinski definition) is 2. The summed E-state index contributed by atoms with van der Waals surface area (Å²) in [5, 5.41) is 0. The molecule has 2 amide bonds. The maximum absolute atomic E-state index is 11.0. The molecule has 0 heterocycles. The minimum atomic E-state index is -0.207. The SMILES string of the molecule is CCONC(=O)N(C)C(C)C. The number of carbonyl (C=O) groups excluding carboxylic acids is 1. The van der Waals surface area contributed by atoms with Crippen molar-refractivity contribution in [2.45, 2.75) is 26.8 Å². The Morgan fingerprint density at radius 2 is 2.18 bits per heavy atom. The molecule has 4 heteroatoms. The van der Waals surface area contributed by atoms with Crippen LogP contribution in [0.3, 0.4) is 0 Å². The van der Waals surface area contributed by atoms with Crippen LogP contribution in [0.2, 0.25) is 0 Å².